The van der Waals surface area contributed by atoms with Gasteiger partial charge in [-0.1, -0.05) is 97.1 Å². The second-order valence-electron chi connectivity index (χ2n) is 12.7. The van der Waals surface area contributed by atoms with Crippen LogP contribution in [0.5, 0.6) is 0 Å². The van der Waals surface area contributed by atoms with Gasteiger partial charge in [-0.05, 0) is 127 Å². The molecule has 0 radical (unpaired) electrons. The zero-order valence-corrected chi connectivity index (χ0v) is 23.5. The van der Waals surface area contributed by atoms with Gasteiger partial charge in [0.05, 0.1) is 0 Å². The van der Waals surface area contributed by atoms with Crippen molar-refractivity contribution in [3.8, 4) is 11.1 Å². The van der Waals surface area contributed by atoms with Crippen LogP contribution in [0.3, 0.4) is 0 Å². The highest BCUT2D eigenvalue weighted by atomic mass is 14.5. The third kappa shape index (κ3) is 2.63. The van der Waals surface area contributed by atoms with Crippen LogP contribution in [0.25, 0.3) is 45.2 Å². The molecule has 0 saturated heterocycles. The summed E-state index contributed by atoms with van der Waals surface area (Å²) in [7, 11) is 0. The first-order chi connectivity index (χ1) is 20.2. The zero-order valence-electron chi connectivity index (χ0n) is 23.5. The molecule has 194 valence electrons. The molecule has 0 fully saturated rings. The molecule has 4 aromatic carbocycles. The van der Waals surface area contributed by atoms with Crippen LogP contribution in [0.15, 0.2) is 102 Å². The summed E-state index contributed by atoms with van der Waals surface area (Å²) in [6.45, 7) is 4.80. The Hall–Kier alpha value is -4.42. The van der Waals surface area contributed by atoms with Crippen molar-refractivity contribution in [2.45, 2.75) is 38.5 Å². The highest BCUT2D eigenvalue weighted by Gasteiger charge is 2.46. The highest BCUT2D eigenvalue weighted by Crippen LogP contribution is 2.63. The van der Waals surface area contributed by atoms with Crippen LogP contribution in [0.4, 0.5) is 0 Å². The van der Waals surface area contributed by atoms with Crippen molar-refractivity contribution in [1.29, 1.82) is 0 Å². The van der Waals surface area contributed by atoms with E-state index >= 15 is 0 Å². The molecular formula is C41H30. The molecule has 0 heteroatoms. The third-order valence-electron chi connectivity index (χ3n) is 10.9. The summed E-state index contributed by atoms with van der Waals surface area (Å²) in [5.74, 6) is 1.15. The van der Waals surface area contributed by atoms with E-state index in [1.165, 1.54) is 94.3 Å². The number of fused-ring (bicyclic) bond motifs is 10. The number of allylic oxidation sites excluding steroid dienone is 10. The van der Waals surface area contributed by atoms with Crippen LogP contribution in [0, 0.1) is 19.8 Å². The second kappa shape index (κ2) is 7.65. The van der Waals surface area contributed by atoms with E-state index < -0.39 is 0 Å². The van der Waals surface area contributed by atoms with Crippen molar-refractivity contribution in [3.63, 3.8) is 0 Å². The summed E-state index contributed by atoms with van der Waals surface area (Å²) < 4.78 is 0. The molecule has 3 unspecified atom stereocenters. The Balaban J connectivity index is 1.30. The Morgan fingerprint density at radius 2 is 1.54 bits per heavy atom. The smallest absolute Gasteiger partial charge is 0.0291 e. The van der Waals surface area contributed by atoms with Crippen molar-refractivity contribution in [1.82, 2.24) is 0 Å². The molecule has 0 aliphatic heterocycles. The van der Waals surface area contributed by atoms with E-state index in [0.29, 0.717) is 17.8 Å². The van der Waals surface area contributed by atoms with Crippen molar-refractivity contribution in [2.24, 2.45) is 5.92 Å². The standard InChI is InChI=1S/C41H30/c1-22-33-21-34-29-15-9-8-14-28(29)30-17-19-31(39(30)34)36(33)23(2)38-35-20-25-12-6-7-13-26(25)40-27(24-10-4-3-5-11-24)16-18-32(37(22)38)41(35)40/h3-4,6-10,12-21,30,40-41H,5,11H2,1-2H3. The first-order valence-corrected chi connectivity index (χ1v) is 15.2. The largest absolute Gasteiger partial charge is 0.0842 e. The van der Waals surface area contributed by atoms with Crippen LogP contribution < -0.4 is 0 Å². The Kier molecular flexibility index (Phi) is 4.16. The van der Waals surface area contributed by atoms with Crippen molar-refractivity contribution in [3.05, 3.63) is 152 Å². The summed E-state index contributed by atoms with van der Waals surface area (Å²) >= 11 is 0. The van der Waals surface area contributed by atoms with Gasteiger partial charge >= 0.3 is 0 Å². The summed E-state index contributed by atoms with van der Waals surface area (Å²) in [6, 6.07) is 20.7. The van der Waals surface area contributed by atoms with Gasteiger partial charge in [-0.3, -0.25) is 0 Å². The van der Waals surface area contributed by atoms with Gasteiger partial charge in [-0.25, -0.2) is 0 Å². The number of rotatable bonds is 1. The van der Waals surface area contributed by atoms with Crippen molar-refractivity contribution in [2.75, 3.05) is 0 Å². The quantitative estimate of drug-likeness (QED) is 0.233. The SMILES string of the molecule is Cc1c2c(c(C)c3c4c5c(cc13)-c1ccccc1C5C=C4)C1=Cc3ccccc3C3C(C4=CC=CCC4)=CC=C2C13. The van der Waals surface area contributed by atoms with Gasteiger partial charge in [-0.2, -0.15) is 0 Å². The van der Waals surface area contributed by atoms with E-state index in [1.807, 2.05) is 0 Å². The molecule has 0 saturated carbocycles. The fourth-order valence-corrected chi connectivity index (χ4v) is 9.31. The lowest BCUT2D eigenvalue weighted by Gasteiger charge is -2.37. The first-order valence-electron chi connectivity index (χ1n) is 15.2. The summed E-state index contributed by atoms with van der Waals surface area (Å²) in [5.41, 5.74) is 22.2. The van der Waals surface area contributed by atoms with Crippen LogP contribution >= 0.6 is 0 Å². The van der Waals surface area contributed by atoms with E-state index in [9.17, 15) is 0 Å². The molecular weight excluding hydrogens is 492 g/mol. The normalized spacial score (nSPS) is 23.3. The van der Waals surface area contributed by atoms with Gasteiger partial charge < -0.3 is 0 Å². The van der Waals surface area contributed by atoms with Gasteiger partial charge in [0.15, 0.2) is 0 Å². The lowest BCUT2D eigenvalue weighted by molar-refractivity contribution is 0.693. The number of hydrogen-bond donors (Lipinski definition) is 0. The molecule has 0 amide bonds. The molecule has 0 bridgehead atoms. The topological polar surface area (TPSA) is 0 Å². The molecule has 3 atom stereocenters. The molecule has 4 aromatic rings. The Morgan fingerprint density at radius 1 is 0.732 bits per heavy atom. The molecule has 0 nitrogen and oxygen atoms in total. The summed E-state index contributed by atoms with van der Waals surface area (Å²) in [4.78, 5) is 0. The number of hydrogen-bond acceptors (Lipinski definition) is 0. The number of benzene rings is 4. The molecule has 6 aliphatic rings. The molecule has 6 aliphatic carbocycles. The summed E-state index contributed by atoms with van der Waals surface area (Å²) in [6.07, 6.45) is 21.6. The van der Waals surface area contributed by atoms with Crippen LogP contribution in [-0.2, 0) is 0 Å². The van der Waals surface area contributed by atoms with Crippen LogP contribution in [0.2, 0.25) is 0 Å². The Morgan fingerprint density at radius 3 is 2.41 bits per heavy atom. The lowest BCUT2D eigenvalue weighted by Crippen LogP contribution is -2.22. The average Bonchev–Trinajstić information content (AvgIpc) is 3.70. The van der Waals surface area contributed by atoms with Gasteiger partial charge in [0.1, 0.15) is 0 Å². The predicted octanol–water partition coefficient (Wildman–Crippen LogP) is 10.5. The maximum atomic E-state index is 2.54. The van der Waals surface area contributed by atoms with Gasteiger partial charge in [0.25, 0.3) is 0 Å². The molecule has 0 N–H and O–H groups in total. The van der Waals surface area contributed by atoms with E-state index in [0.717, 1.165) is 12.8 Å². The molecule has 10 rings (SSSR count). The number of aryl methyl sites for hydroxylation is 2. The minimum Gasteiger partial charge on any atom is -0.0842 e. The maximum Gasteiger partial charge on any atom is 0.0291 e. The van der Waals surface area contributed by atoms with Gasteiger partial charge in [0, 0.05) is 17.8 Å². The van der Waals surface area contributed by atoms with Crippen molar-refractivity contribution >= 4 is 34.1 Å². The van der Waals surface area contributed by atoms with E-state index in [1.54, 1.807) is 0 Å². The highest BCUT2D eigenvalue weighted by molar-refractivity contribution is 6.14. The minimum absolute atomic E-state index is 0.370. The van der Waals surface area contributed by atoms with Gasteiger partial charge in [0.2, 0.25) is 0 Å². The maximum absolute atomic E-state index is 2.54. The van der Waals surface area contributed by atoms with Crippen LogP contribution in [-0.4, -0.2) is 0 Å². The molecule has 41 heavy (non-hydrogen) atoms. The van der Waals surface area contributed by atoms with Crippen molar-refractivity contribution < 1.29 is 0 Å². The average molecular weight is 523 g/mol. The first kappa shape index (κ1) is 22.3. The predicted molar refractivity (Wildman–Crippen MR) is 173 cm³/mol. The van der Waals surface area contributed by atoms with E-state index in [-0.39, 0.29) is 0 Å². The lowest BCUT2D eigenvalue weighted by atomic mass is 9.66. The minimum atomic E-state index is 0.370. The monoisotopic (exact) mass is 522 g/mol. The fraction of sp³-hybridized carbons (Fsp3) is 0.171. The van der Waals surface area contributed by atoms with E-state index in [4.69, 9.17) is 0 Å². The van der Waals surface area contributed by atoms with Crippen LogP contribution in [0.1, 0.15) is 74.7 Å². The summed E-state index contributed by atoms with van der Waals surface area (Å²) in [5, 5.41) is 2.90. The molecule has 0 heterocycles. The molecule has 0 aromatic heterocycles. The fourth-order valence-electron chi connectivity index (χ4n) is 9.31. The zero-order chi connectivity index (χ0) is 27.0. The Bertz CT molecular complexity index is 2120. The Labute approximate surface area is 241 Å². The van der Waals surface area contributed by atoms with E-state index in [2.05, 4.69) is 117 Å². The third-order valence-corrected chi connectivity index (χ3v) is 10.9. The second-order valence-corrected chi connectivity index (χ2v) is 12.7. The van der Waals surface area contributed by atoms with Gasteiger partial charge in [-0.15, -0.1) is 0 Å². The molecule has 0 spiro atoms.